The van der Waals surface area contributed by atoms with Gasteiger partial charge in [-0.3, -0.25) is 0 Å². The molecule has 1 heteroatoms. The molecular formula is C18H31N. The molecule has 108 valence electrons. The van der Waals surface area contributed by atoms with E-state index < -0.39 is 0 Å². The summed E-state index contributed by atoms with van der Waals surface area (Å²) in [7, 11) is 0. The summed E-state index contributed by atoms with van der Waals surface area (Å²) in [4.78, 5) is 0. The zero-order chi connectivity index (χ0) is 14.5. The summed E-state index contributed by atoms with van der Waals surface area (Å²) >= 11 is 0. The number of hydrogen-bond donors (Lipinski definition) is 1. The van der Waals surface area contributed by atoms with Crippen LogP contribution < -0.4 is 5.32 Å². The van der Waals surface area contributed by atoms with Gasteiger partial charge in [0, 0.05) is 12.6 Å². The molecule has 0 radical (unpaired) electrons. The van der Waals surface area contributed by atoms with Crippen LogP contribution in [0.4, 0.5) is 0 Å². The van der Waals surface area contributed by atoms with Gasteiger partial charge in [0.2, 0.25) is 0 Å². The molecule has 0 spiro atoms. The molecule has 1 N–H and O–H groups in total. The van der Waals surface area contributed by atoms with Crippen molar-refractivity contribution in [3.05, 3.63) is 34.9 Å². The number of benzene rings is 1. The Morgan fingerprint density at radius 1 is 1.16 bits per heavy atom. The molecule has 1 aromatic rings. The first-order valence-corrected chi connectivity index (χ1v) is 7.66. The highest BCUT2D eigenvalue weighted by molar-refractivity contribution is 5.30. The molecule has 1 nitrogen and oxygen atoms in total. The first kappa shape index (κ1) is 16.2. The smallest absolute Gasteiger partial charge is 0.00107 e. The fourth-order valence-electron chi connectivity index (χ4n) is 2.70. The molecule has 0 saturated carbocycles. The Morgan fingerprint density at radius 3 is 2.37 bits per heavy atom. The lowest BCUT2D eigenvalue weighted by Gasteiger charge is -2.31. The van der Waals surface area contributed by atoms with Crippen molar-refractivity contribution in [2.75, 3.05) is 6.54 Å². The van der Waals surface area contributed by atoms with Gasteiger partial charge < -0.3 is 5.32 Å². The second kappa shape index (κ2) is 7.09. The lowest BCUT2D eigenvalue weighted by Crippen LogP contribution is -2.37. The van der Waals surface area contributed by atoms with Crippen LogP contribution in [0.3, 0.4) is 0 Å². The Kier molecular flexibility index (Phi) is 6.06. The zero-order valence-electron chi connectivity index (χ0n) is 13.6. The first-order valence-electron chi connectivity index (χ1n) is 7.66. The van der Waals surface area contributed by atoms with Gasteiger partial charge in [0.25, 0.3) is 0 Å². The van der Waals surface area contributed by atoms with Crippen molar-refractivity contribution < 1.29 is 0 Å². The molecule has 0 fully saturated rings. The topological polar surface area (TPSA) is 12.0 Å². The summed E-state index contributed by atoms with van der Waals surface area (Å²) in [6, 6.07) is 7.48. The van der Waals surface area contributed by atoms with Crippen LogP contribution in [0.5, 0.6) is 0 Å². The van der Waals surface area contributed by atoms with Gasteiger partial charge in [0.1, 0.15) is 0 Å². The van der Waals surface area contributed by atoms with Crippen LogP contribution in [-0.4, -0.2) is 12.6 Å². The first-order chi connectivity index (χ1) is 8.86. The van der Waals surface area contributed by atoms with Crippen molar-refractivity contribution >= 4 is 0 Å². The summed E-state index contributed by atoms with van der Waals surface area (Å²) in [5.41, 5.74) is 4.64. The average molecular weight is 261 g/mol. The van der Waals surface area contributed by atoms with Crippen molar-refractivity contribution in [1.82, 2.24) is 5.32 Å². The molecule has 1 rings (SSSR count). The Bertz CT molecular complexity index is 395. The summed E-state index contributed by atoms with van der Waals surface area (Å²) < 4.78 is 0. The van der Waals surface area contributed by atoms with E-state index in [0.717, 1.165) is 6.54 Å². The quantitative estimate of drug-likeness (QED) is 0.753. The summed E-state index contributed by atoms with van der Waals surface area (Å²) in [5, 5.41) is 3.62. The predicted octanol–water partition coefficient (Wildman–Crippen LogP) is 4.65. The molecule has 0 bridgehead atoms. The standard InChI is InChI=1S/C18H31N/c1-7-10-18(6,13-19-14(2)3)12-17-9-8-15(4)16(5)11-17/h8-9,11,14,19H,7,10,12-13H2,1-6H3. The monoisotopic (exact) mass is 261 g/mol. The molecule has 0 aliphatic rings. The molecule has 0 heterocycles. The van der Waals surface area contributed by atoms with E-state index in [2.05, 4.69) is 65.1 Å². The molecule has 1 atom stereocenters. The van der Waals surface area contributed by atoms with Crippen LogP contribution >= 0.6 is 0 Å². The van der Waals surface area contributed by atoms with Crippen molar-refractivity contribution in [3.8, 4) is 0 Å². The molecule has 19 heavy (non-hydrogen) atoms. The van der Waals surface area contributed by atoms with Crippen molar-refractivity contribution in [2.24, 2.45) is 5.41 Å². The minimum atomic E-state index is 0.362. The third-order valence-corrected chi connectivity index (χ3v) is 3.99. The van der Waals surface area contributed by atoms with Gasteiger partial charge in [-0.1, -0.05) is 52.3 Å². The summed E-state index contributed by atoms with van der Waals surface area (Å²) in [5.74, 6) is 0. The Labute approximate surface area is 119 Å². The van der Waals surface area contributed by atoms with Crippen LogP contribution in [0.25, 0.3) is 0 Å². The maximum Gasteiger partial charge on any atom is 0.00107 e. The predicted molar refractivity (Wildman–Crippen MR) is 85.8 cm³/mol. The molecule has 0 amide bonds. The van der Waals surface area contributed by atoms with Crippen LogP contribution in [-0.2, 0) is 6.42 Å². The van der Waals surface area contributed by atoms with E-state index in [1.54, 1.807) is 0 Å². The molecule has 1 unspecified atom stereocenters. The van der Waals surface area contributed by atoms with Gasteiger partial charge in [-0.05, 0) is 48.8 Å². The van der Waals surface area contributed by atoms with E-state index in [0.29, 0.717) is 11.5 Å². The van der Waals surface area contributed by atoms with Gasteiger partial charge in [-0.25, -0.2) is 0 Å². The van der Waals surface area contributed by atoms with Crippen LogP contribution in [0, 0.1) is 19.3 Å². The van der Waals surface area contributed by atoms with Gasteiger partial charge >= 0.3 is 0 Å². The van der Waals surface area contributed by atoms with E-state index in [9.17, 15) is 0 Å². The maximum absolute atomic E-state index is 3.62. The average Bonchev–Trinajstić information content (AvgIpc) is 2.32. The van der Waals surface area contributed by atoms with Crippen LogP contribution in [0.2, 0.25) is 0 Å². The normalized spacial score (nSPS) is 14.7. The fourth-order valence-corrected chi connectivity index (χ4v) is 2.70. The number of hydrogen-bond acceptors (Lipinski definition) is 1. The summed E-state index contributed by atoms with van der Waals surface area (Å²) in [6.07, 6.45) is 3.70. The number of rotatable bonds is 7. The second-order valence-corrected chi connectivity index (χ2v) is 6.69. The van der Waals surface area contributed by atoms with E-state index in [1.165, 1.54) is 36.0 Å². The highest BCUT2D eigenvalue weighted by Crippen LogP contribution is 2.28. The largest absolute Gasteiger partial charge is 0.314 e. The molecule has 0 aliphatic carbocycles. The van der Waals surface area contributed by atoms with E-state index >= 15 is 0 Å². The van der Waals surface area contributed by atoms with Crippen LogP contribution in [0.1, 0.15) is 57.2 Å². The highest BCUT2D eigenvalue weighted by atomic mass is 14.9. The second-order valence-electron chi connectivity index (χ2n) is 6.69. The Morgan fingerprint density at radius 2 is 1.84 bits per heavy atom. The SMILES string of the molecule is CCCC(C)(CNC(C)C)Cc1ccc(C)c(C)c1. The van der Waals surface area contributed by atoms with E-state index in [-0.39, 0.29) is 0 Å². The zero-order valence-corrected chi connectivity index (χ0v) is 13.6. The lowest BCUT2D eigenvalue weighted by molar-refractivity contribution is 0.267. The molecular weight excluding hydrogens is 230 g/mol. The van der Waals surface area contributed by atoms with Crippen LogP contribution in [0.15, 0.2) is 18.2 Å². The number of nitrogens with one attached hydrogen (secondary N) is 1. The molecule has 0 aromatic heterocycles. The van der Waals surface area contributed by atoms with Gasteiger partial charge in [-0.2, -0.15) is 0 Å². The van der Waals surface area contributed by atoms with Gasteiger partial charge in [0.05, 0.1) is 0 Å². The van der Waals surface area contributed by atoms with Gasteiger partial charge in [-0.15, -0.1) is 0 Å². The summed E-state index contributed by atoms with van der Waals surface area (Å²) in [6.45, 7) is 14.7. The molecule has 1 aromatic carbocycles. The fraction of sp³-hybridized carbons (Fsp3) is 0.667. The Hall–Kier alpha value is -0.820. The van der Waals surface area contributed by atoms with Gasteiger partial charge in [0.15, 0.2) is 0 Å². The van der Waals surface area contributed by atoms with Crippen molar-refractivity contribution in [1.29, 1.82) is 0 Å². The third-order valence-electron chi connectivity index (χ3n) is 3.99. The van der Waals surface area contributed by atoms with Crippen molar-refractivity contribution in [3.63, 3.8) is 0 Å². The maximum atomic E-state index is 3.62. The minimum absolute atomic E-state index is 0.362. The van der Waals surface area contributed by atoms with E-state index in [1.807, 2.05) is 0 Å². The molecule has 0 aliphatic heterocycles. The minimum Gasteiger partial charge on any atom is -0.314 e. The highest BCUT2D eigenvalue weighted by Gasteiger charge is 2.23. The lowest BCUT2D eigenvalue weighted by atomic mass is 9.79. The third kappa shape index (κ3) is 5.36. The van der Waals surface area contributed by atoms with E-state index in [4.69, 9.17) is 0 Å². The Balaban J connectivity index is 2.78. The number of aryl methyl sites for hydroxylation is 2. The van der Waals surface area contributed by atoms with Crippen molar-refractivity contribution in [2.45, 2.75) is 66.8 Å². The molecule has 0 saturated heterocycles.